The van der Waals surface area contributed by atoms with Gasteiger partial charge in [-0.2, -0.15) is 0 Å². The third kappa shape index (κ3) is 5.19. The summed E-state index contributed by atoms with van der Waals surface area (Å²) >= 11 is 6.70. The molecule has 1 aliphatic carbocycles. The summed E-state index contributed by atoms with van der Waals surface area (Å²) in [6, 6.07) is 11.5. The van der Waals surface area contributed by atoms with Crippen molar-refractivity contribution in [2.45, 2.75) is 51.4 Å². The molecule has 1 aromatic heterocycles. The van der Waals surface area contributed by atoms with Gasteiger partial charge < -0.3 is 15.1 Å². The number of carbonyl (C=O) groups excluding carboxylic acids is 1. The zero-order valence-electron chi connectivity index (χ0n) is 22.2. The summed E-state index contributed by atoms with van der Waals surface area (Å²) in [5.74, 6) is 2.87. The van der Waals surface area contributed by atoms with Gasteiger partial charge in [0.05, 0.1) is 21.5 Å². The van der Waals surface area contributed by atoms with Crippen molar-refractivity contribution in [3.8, 4) is 5.75 Å². The number of hydrogen-bond donors (Lipinski definition) is 1. The molecule has 1 amide bonds. The number of likely N-dealkylation sites (tertiary alicyclic amines) is 2. The molecule has 6 rings (SSSR count). The van der Waals surface area contributed by atoms with Gasteiger partial charge in [-0.1, -0.05) is 36.9 Å². The molecule has 3 heterocycles. The molecule has 3 fully saturated rings. The molecule has 0 radical (unpaired) electrons. The minimum atomic E-state index is 0.0345. The quantitative estimate of drug-likeness (QED) is 0.373. The average Bonchev–Trinajstić information content (AvgIpc) is 2.93. The van der Waals surface area contributed by atoms with E-state index in [1.54, 1.807) is 6.33 Å². The Morgan fingerprint density at radius 2 is 1.84 bits per heavy atom. The van der Waals surface area contributed by atoms with E-state index < -0.39 is 0 Å². The van der Waals surface area contributed by atoms with Gasteiger partial charge in [-0.3, -0.25) is 4.79 Å². The first kappa shape index (κ1) is 25.4. The molecule has 2 aromatic carbocycles. The second-order valence-corrected chi connectivity index (χ2v) is 11.8. The Kier molecular flexibility index (Phi) is 7.14. The molecular weight excluding hydrogens is 498 g/mol. The van der Waals surface area contributed by atoms with Crippen molar-refractivity contribution in [1.29, 1.82) is 0 Å². The number of benzene rings is 2. The molecule has 8 heteroatoms. The van der Waals surface area contributed by atoms with Crippen LogP contribution in [-0.4, -0.2) is 58.6 Å². The zero-order valence-corrected chi connectivity index (χ0v) is 22.9. The third-order valence-corrected chi connectivity index (χ3v) is 9.06. The summed E-state index contributed by atoms with van der Waals surface area (Å²) in [4.78, 5) is 31.0. The number of halogens is 1. The van der Waals surface area contributed by atoms with E-state index in [2.05, 4.69) is 22.3 Å². The van der Waals surface area contributed by atoms with E-state index in [-0.39, 0.29) is 5.91 Å². The van der Waals surface area contributed by atoms with Crippen LogP contribution in [0, 0.1) is 11.8 Å². The summed E-state index contributed by atoms with van der Waals surface area (Å²) in [6.07, 6.45) is 11.4. The van der Waals surface area contributed by atoms with Crippen molar-refractivity contribution in [1.82, 2.24) is 14.9 Å². The smallest absolute Gasteiger partial charge is 0.255 e. The number of hydroxylamine groups is 3. The summed E-state index contributed by atoms with van der Waals surface area (Å²) in [5.41, 5.74) is 2.14. The highest BCUT2D eigenvalue weighted by Crippen LogP contribution is 2.38. The molecule has 2 unspecified atom stereocenters. The molecule has 1 saturated carbocycles. The largest absolute Gasteiger partial charge is 0.339 e. The van der Waals surface area contributed by atoms with Gasteiger partial charge in [0.2, 0.25) is 5.75 Å². The van der Waals surface area contributed by atoms with Crippen LogP contribution in [0.3, 0.4) is 0 Å². The lowest BCUT2D eigenvalue weighted by molar-refractivity contribution is -1.07. The van der Waals surface area contributed by atoms with E-state index in [1.165, 1.54) is 32.1 Å². The lowest BCUT2D eigenvalue weighted by Gasteiger charge is -2.41. The third-order valence-electron chi connectivity index (χ3n) is 8.75. The number of piperidine rings is 2. The number of quaternary nitrogens is 1. The maximum atomic E-state index is 13.4. The minimum Gasteiger partial charge on any atom is -0.339 e. The minimum absolute atomic E-state index is 0.0345. The van der Waals surface area contributed by atoms with Crippen molar-refractivity contribution in [3.63, 3.8) is 0 Å². The Hall–Kier alpha value is -2.90. The molecule has 0 spiro atoms. The average molecular weight is 535 g/mol. The summed E-state index contributed by atoms with van der Waals surface area (Å²) in [5, 5.41) is 4.70. The Bertz CT molecular complexity index is 1320. The van der Waals surface area contributed by atoms with E-state index in [1.807, 2.05) is 41.3 Å². The Balaban J connectivity index is 1.22. The maximum Gasteiger partial charge on any atom is 0.255 e. The van der Waals surface area contributed by atoms with E-state index in [0.717, 1.165) is 73.7 Å². The molecule has 0 bridgehead atoms. The fraction of sp³-hybridized carbons (Fsp3) is 0.500. The second kappa shape index (κ2) is 10.7. The Labute approximate surface area is 229 Å². The van der Waals surface area contributed by atoms with Crippen LogP contribution >= 0.6 is 11.6 Å². The van der Waals surface area contributed by atoms with Crippen LogP contribution in [0.25, 0.3) is 10.9 Å². The highest BCUT2D eigenvalue weighted by Gasteiger charge is 2.34. The van der Waals surface area contributed by atoms with Crippen LogP contribution in [0.4, 0.5) is 11.5 Å². The normalized spacial score (nSPS) is 23.1. The highest BCUT2D eigenvalue weighted by molar-refractivity contribution is 6.34. The topological polar surface area (TPSA) is 67.4 Å². The van der Waals surface area contributed by atoms with E-state index in [9.17, 15) is 4.79 Å². The Morgan fingerprint density at radius 3 is 2.66 bits per heavy atom. The first-order valence-corrected chi connectivity index (χ1v) is 14.5. The monoisotopic (exact) mass is 534 g/mol. The molecule has 7 nitrogen and oxygen atoms in total. The van der Waals surface area contributed by atoms with Crippen molar-refractivity contribution in [2.24, 2.45) is 11.8 Å². The van der Waals surface area contributed by atoms with Crippen LogP contribution in [0.1, 0.15) is 61.7 Å². The predicted octanol–water partition coefficient (Wildman–Crippen LogP) is 6.60. The standard InChI is InChI=1S/C30H36ClN5O2/c1-36(16-5-2-6-17-36)38-27-11-7-10-26-28(27)29(33-20-32-26)34-23-12-13-24(25(31)18-23)30(37)35-15-14-21-8-3-4-9-22(21)19-35/h7,10-13,18,20-22H,2-6,8-9,14-17,19H2,1H3/p+1. The van der Waals surface area contributed by atoms with Crippen LogP contribution in [-0.2, 0) is 0 Å². The van der Waals surface area contributed by atoms with Crippen molar-refractivity contribution >= 4 is 39.9 Å². The fourth-order valence-electron chi connectivity index (χ4n) is 6.62. The van der Waals surface area contributed by atoms with Gasteiger partial charge in [0.1, 0.15) is 32.3 Å². The molecule has 2 atom stereocenters. The number of aromatic nitrogens is 2. The van der Waals surface area contributed by atoms with Gasteiger partial charge in [-0.05, 0) is 61.4 Å². The number of nitrogens with one attached hydrogen (secondary N) is 1. The fourth-order valence-corrected chi connectivity index (χ4v) is 6.88. The summed E-state index contributed by atoms with van der Waals surface area (Å²) in [6.45, 7) is 3.64. The zero-order chi connectivity index (χ0) is 26.1. The number of hydrogen-bond acceptors (Lipinski definition) is 5. The molecule has 2 saturated heterocycles. The van der Waals surface area contributed by atoms with E-state index in [4.69, 9.17) is 16.4 Å². The van der Waals surface area contributed by atoms with Gasteiger partial charge in [-0.15, -0.1) is 4.65 Å². The predicted molar refractivity (Wildman–Crippen MR) is 151 cm³/mol. The summed E-state index contributed by atoms with van der Waals surface area (Å²) < 4.78 is 0.550. The molecule has 2 aliphatic heterocycles. The van der Waals surface area contributed by atoms with Crippen LogP contribution in [0.2, 0.25) is 5.02 Å². The van der Waals surface area contributed by atoms with Gasteiger partial charge in [0.25, 0.3) is 5.91 Å². The van der Waals surface area contributed by atoms with Gasteiger partial charge >= 0.3 is 0 Å². The van der Waals surface area contributed by atoms with Crippen molar-refractivity contribution < 1.29 is 14.3 Å². The van der Waals surface area contributed by atoms with Gasteiger partial charge in [-0.25, -0.2) is 9.97 Å². The van der Waals surface area contributed by atoms with Crippen molar-refractivity contribution in [3.05, 3.63) is 53.3 Å². The highest BCUT2D eigenvalue weighted by atomic mass is 35.5. The van der Waals surface area contributed by atoms with Gasteiger partial charge in [0, 0.05) is 31.6 Å². The number of fused-ring (bicyclic) bond motifs is 2. The Morgan fingerprint density at radius 1 is 1.03 bits per heavy atom. The van der Waals surface area contributed by atoms with E-state index in [0.29, 0.717) is 27.0 Å². The molecule has 3 aromatic rings. The lowest BCUT2D eigenvalue weighted by atomic mass is 9.75. The van der Waals surface area contributed by atoms with Gasteiger partial charge in [0.15, 0.2) is 0 Å². The number of nitrogens with zero attached hydrogens (tertiary/aromatic N) is 4. The number of carbonyl (C=O) groups is 1. The summed E-state index contributed by atoms with van der Waals surface area (Å²) in [7, 11) is 2.14. The van der Waals surface area contributed by atoms with E-state index >= 15 is 0 Å². The molecule has 3 aliphatic rings. The first-order valence-electron chi connectivity index (χ1n) is 14.1. The number of rotatable bonds is 5. The van der Waals surface area contributed by atoms with Crippen LogP contribution < -0.4 is 10.2 Å². The van der Waals surface area contributed by atoms with Crippen LogP contribution in [0.15, 0.2) is 42.7 Å². The first-order chi connectivity index (χ1) is 18.5. The van der Waals surface area contributed by atoms with Crippen LogP contribution in [0.5, 0.6) is 5.75 Å². The lowest BCUT2D eigenvalue weighted by Crippen LogP contribution is -2.50. The molecule has 38 heavy (non-hydrogen) atoms. The number of amides is 1. The SMILES string of the molecule is C[N+]1(Oc2cccc3ncnc(Nc4ccc(C(=O)N5CCC6CCCCC6C5)c(Cl)c4)c23)CCCCC1. The molecular formula is C30H37ClN5O2+. The molecule has 200 valence electrons. The maximum absolute atomic E-state index is 13.4. The second-order valence-electron chi connectivity index (χ2n) is 11.4. The van der Waals surface area contributed by atoms with Crippen molar-refractivity contribution in [2.75, 3.05) is 38.5 Å². The number of anilines is 2. The molecule has 1 N–H and O–H groups in total.